The lowest BCUT2D eigenvalue weighted by Crippen LogP contribution is -2.33. The molecule has 7 heteroatoms. The molecule has 4 aromatic rings. The first kappa shape index (κ1) is 21.8. The molecule has 0 saturated heterocycles. The fraction of sp³-hybridized carbons (Fsp3) is 0.240. The summed E-state index contributed by atoms with van der Waals surface area (Å²) >= 11 is 5.92. The number of carbonyl (C=O) groups is 1. The van der Waals surface area contributed by atoms with Crippen LogP contribution in [-0.4, -0.2) is 26.8 Å². The number of nitrogens with one attached hydrogen (secondary N) is 1. The Morgan fingerprint density at radius 1 is 1.06 bits per heavy atom. The van der Waals surface area contributed by atoms with Crippen LogP contribution in [0.4, 0.5) is 0 Å². The largest absolute Gasteiger partial charge is 0.354 e. The average molecular weight is 449 g/mol. The van der Waals surface area contributed by atoms with Gasteiger partial charge < -0.3 is 9.88 Å². The molecule has 0 aliphatic heterocycles. The van der Waals surface area contributed by atoms with Gasteiger partial charge in [0.2, 0.25) is 5.91 Å². The molecule has 0 fully saturated rings. The van der Waals surface area contributed by atoms with Crippen molar-refractivity contribution in [2.45, 2.75) is 33.2 Å². The Morgan fingerprint density at radius 3 is 2.44 bits per heavy atom. The van der Waals surface area contributed by atoms with Gasteiger partial charge in [0.15, 0.2) is 0 Å². The van der Waals surface area contributed by atoms with E-state index in [0.717, 1.165) is 22.3 Å². The van der Waals surface area contributed by atoms with Crippen molar-refractivity contribution >= 4 is 28.3 Å². The van der Waals surface area contributed by atoms with Gasteiger partial charge in [-0.25, -0.2) is 0 Å². The first-order valence-electron chi connectivity index (χ1n) is 10.6. The molecule has 0 unspecified atom stereocenters. The molecule has 164 valence electrons. The van der Waals surface area contributed by atoms with E-state index in [4.69, 9.17) is 11.6 Å². The van der Waals surface area contributed by atoms with Crippen molar-refractivity contribution in [1.82, 2.24) is 19.7 Å². The Morgan fingerprint density at radius 2 is 1.75 bits per heavy atom. The molecule has 0 aliphatic rings. The fourth-order valence-corrected chi connectivity index (χ4v) is 4.29. The molecule has 1 amide bonds. The highest BCUT2D eigenvalue weighted by Crippen LogP contribution is 2.26. The molecule has 0 spiro atoms. The van der Waals surface area contributed by atoms with Crippen molar-refractivity contribution in [3.05, 3.63) is 93.1 Å². The van der Waals surface area contributed by atoms with E-state index in [9.17, 15) is 9.59 Å². The maximum atomic E-state index is 13.2. The summed E-state index contributed by atoms with van der Waals surface area (Å²) in [4.78, 5) is 26.1. The van der Waals surface area contributed by atoms with Crippen LogP contribution in [0.1, 0.15) is 29.9 Å². The molecule has 1 N–H and O–H groups in total. The highest BCUT2D eigenvalue weighted by molar-refractivity contribution is 6.30. The standard InChI is InChI=1S/C25H25ClN4O2/c1-16-22-15-28-30(21-7-5-4-6-8-21)25(32)23(22)17(2)29(16)18(3)24(31)27-14-13-19-9-11-20(26)12-10-19/h4-12,15,18H,13-14H2,1-3H3,(H,27,31)/t18-/m1/s1. The van der Waals surface area contributed by atoms with Gasteiger partial charge in [-0.3, -0.25) is 9.59 Å². The Balaban J connectivity index is 1.59. The number of nitrogens with zero attached hydrogens (tertiary/aromatic N) is 3. The van der Waals surface area contributed by atoms with Crippen LogP contribution in [0, 0.1) is 13.8 Å². The zero-order valence-electron chi connectivity index (χ0n) is 18.3. The molecule has 6 nitrogen and oxygen atoms in total. The number of rotatable bonds is 6. The van der Waals surface area contributed by atoms with E-state index in [1.165, 1.54) is 4.68 Å². The molecule has 32 heavy (non-hydrogen) atoms. The lowest BCUT2D eigenvalue weighted by Gasteiger charge is -2.18. The molecule has 2 heterocycles. The average Bonchev–Trinajstić information content (AvgIpc) is 3.06. The zero-order valence-corrected chi connectivity index (χ0v) is 19.1. The summed E-state index contributed by atoms with van der Waals surface area (Å²) in [6, 6.07) is 16.5. The zero-order chi connectivity index (χ0) is 22.8. The topological polar surface area (TPSA) is 68.9 Å². The molecular weight excluding hydrogens is 424 g/mol. The number of amides is 1. The van der Waals surface area contributed by atoms with E-state index in [1.54, 1.807) is 6.20 Å². The van der Waals surface area contributed by atoms with Crippen molar-refractivity contribution in [1.29, 1.82) is 0 Å². The van der Waals surface area contributed by atoms with Crippen molar-refractivity contribution in [2.75, 3.05) is 6.54 Å². The van der Waals surface area contributed by atoms with Crippen molar-refractivity contribution in [3.63, 3.8) is 0 Å². The SMILES string of the molecule is Cc1c2cnn(-c3ccccc3)c(=O)c2c(C)n1[C@H](C)C(=O)NCCc1ccc(Cl)cc1. The predicted molar refractivity (Wildman–Crippen MR) is 128 cm³/mol. The third-order valence-electron chi connectivity index (χ3n) is 5.85. The Bertz CT molecular complexity index is 1320. The van der Waals surface area contributed by atoms with Crippen LogP contribution in [0.2, 0.25) is 5.02 Å². The Hall–Kier alpha value is -3.38. The van der Waals surface area contributed by atoms with Crippen LogP contribution >= 0.6 is 11.6 Å². The van der Waals surface area contributed by atoms with E-state index in [1.807, 2.05) is 79.9 Å². The molecule has 0 bridgehead atoms. The predicted octanol–water partition coefficient (Wildman–Crippen LogP) is 4.38. The van der Waals surface area contributed by atoms with Gasteiger partial charge in [0, 0.05) is 28.3 Å². The maximum absolute atomic E-state index is 13.2. The van der Waals surface area contributed by atoms with Gasteiger partial charge in [0.25, 0.3) is 5.56 Å². The van der Waals surface area contributed by atoms with Gasteiger partial charge in [0.1, 0.15) is 6.04 Å². The van der Waals surface area contributed by atoms with Gasteiger partial charge in [-0.1, -0.05) is 41.9 Å². The number of halogens is 1. The smallest absolute Gasteiger partial charge is 0.281 e. The lowest BCUT2D eigenvalue weighted by atomic mass is 10.1. The van der Waals surface area contributed by atoms with Crippen LogP contribution in [0.15, 0.2) is 65.6 Å². The molecule has 0 aliphatic carbocycles. The van der Waals surface area contributed by atoms with Gasteiger partial charge in [-0.2, -0.15) is 9.78 Å². The normalized spacial score (nSPS) is 12.1. The van der Waals surface area contributed by atoms with E-state index in [2.05, 4.69) is 10.4 Å². The van der Waals surface area contributed by atoms with E-state index in [0.29, 0.717) is 29.1 Å². The molecule has 0 radical (unpaired) electrons. The minimum Gasteiger partial charge on any atom is -0.354 e. The van der Waals surface area contributed by atoms with E-state index >= 15 is 0 Å². The van der Waals surface area contributed by atoms with Gasteiger partial charge in [-0.05, 0) is 57.0 Å². The highest BCUT2D eigenvalue weighted by Gasteiger charge is 2.23. The van der Waals surface area contributed by atoms with Crippen LogP contribution in [0.3, 0.4) is 0 Å². The minimum atomic E-state index is -0.461. The van der Waals surface area contributed by atoms with Crippen molar-refractivity contribution < 1.29 is 4.79 Å². The first-order chi connectivity index (χ1) is 15.4. The number of para-hydroxylation sites is 1. The molecule has 2 aromatic carbocycles. The van der Waals surface area contributed by atoms with E-state index < -0.39 is 6.04 Å². The second-order valence-electron chi connectivity index (χ2n) is 7.87. The molecule has 0 saturated carbocycles. The van der Waals surface area contributed by atoms with Crippen molar-refractivity contribution in [3.8, 4) is 5.69 Å². The summed E-state index contributed by atoms with van der Waals surface area (Å²) in [5, 5.41) is 9.41. The molecule has 4 rings (SSSR count). The monoisotopic (exact) mass is 448 g/mol. The number of benzene rings is 2. The van der Waals surface area contributed by atoms with Gasteiger partial charge in [-0.15, -0.1) is 0 Å². The van der Waals surface area contributed by atoms with Crippen LogP contribution in [0.5, 0.6) is 0 Å². The molecule has 1 atom stereocenters. The van der Waals surface area contributed by atoms with Crippen molar-refractivity contribution in [2.24, 2.45) is 0 Å². The molecule has 2 aromatic heterocycles. The number of aryl methyl sites for hydroxylation is 2. The van der Waals surface area contributed by atoms with Crippen LogP contribution < -0.4 is 10.9 Å². The third-order valence-corrected chi connectivity index (χ3v) is 6.10. The Kier molecular flexibility index (Phi) is 6.15. The summed E-state index contributed by atoms with van der Waals surface area (Å²) in [5.41, 5.74) is 3.23. The number of hydrogen-bond acceptors (Lipinski definition) is 3. The minimum absolute atomic E-state index is 0.0955. The fourth-order valence-electron chi connectivity index (χ4n) is 4.16. The number of fused-ring (bicyclic) bond motifs is 1. The first-order valence-corrected chi connectivity index (χ1v) is 10.9. The summed E-state index contributed by atoms with van der Waals surface area (Å²) in [7, 11) is 0. The van der Waals surface area contributed by atoms with Gasteiger partial charge >= 0.3 is 0 Å². The van der Waals surface area contributed by atoms with Crippen LogP contribution in [-0.2, 0) is 11.2 Å². The van der Waals surface area contributed by atoms with Gasteiger partial charge in [0.05, 0.1) is 17.3 Å². The number of hydrogen-bond donors (Lipinski definition) is 1. The lowest BCUT2D eigenvalue weighted by molar-refractivity contribution is -0.123. The van der Waals surface area contributed by atoms with E-state index in [-0.39, 0.29) is 11.5 Å². The summed E-state index contributed by atoms with van der Waals surface area (Å²) in [6.07, 6.45) is 2.42. The second kappa shape index (κ2) is 9.01. The summed E-state index contributed by atoms with van der Waals surface area (Å²) in [5.74, 6) is -0.0955. The maximum Gasteiger partial charge on any atom is 0.281 e. The Labute approximate surface area is 191 Å². The summed E-state index contributed by atoms with van der Waals surface area (Å²) in [6.45, 7) is 6.16. The second-order valence-corrected chi connectivity index (χ2v) is 8.31. The number of carbonyl (C=O) groups excluding carboxylic acids is 1. The highest BCUT2D eigenvalue weighted by atomic mass is 35.5. The summed E-state index contributed by atoms with van der Waals surface area (Å²) < 4.78 is 3.32. The molecular formula is C25H25ClN4O2. The number of aromatic nitrogens is 3. The quantitative estimate of drug-likeness (QED) is 0.476. The third kappa shape index (κ3) is 4.06. The van der Waals surface area contributed by atoms with Crippen LogP contribution in [0.25, 0.3) is 16.5 Å².